The number of halogens is 4. The third-order valence-electron chi connectivity index (χ3n) is 5.08. The summed E-state index contributed by atoms with van der Waals surface area (Å²) in [7, 11) is 0. The maximum absolute atomic E-state index is 14.2. The molecule has 0 aliphatic carbocycles. The normalized spacial score (nSPS) is 16.8. The molecule has 1 amide bonds. The number of nitrogens with zero attached hydrogens (tertiary/aromatic N) is 4. The van der Waals surface area contributed by atoms with Crippen LogP contribution >= 0.6 is 0 Å². The van der Waals surface area contributed by atoms with Crippen molar-refractivity contribution in [2.45, 2.75) is 18.8 Å². The van der Waals surface area contributed by atoms with E-state index in [2.05, 4.69) is 15.1 Å². The second-order valence-corrected chi connectivity index (χ2v) is 6.81. The van der Waals surface area contributed by atoms with Gasteiger partial charge in [0.1, 0.15) is 28.9 Å². The zero-order valence-electron chi connectivity index (χ0n) is 15.2. The van der Waals surface area contributed by atoms with Crippen LogP contribution < -0.4 is 0 Å². The summed E-state index contributed by atoms with van der Waals surface area (Å²) in [5, 5.41) is 3.44. The van der Waals surface area contributed by atoms with E-state index in [-0.39, 0.29) is 28.0 Å². The van der Waals surface area contributed by atoms with Crippen molar-refractivity contribution in [1.29, 1.82) is 0 Å². The van der Waals surface area contributed by atoms with Gasteiger partial charge >= 0.3 is 6.30 Å². The number of nitrogens with one attached hydrogen (secondary N) is 1. The van der Waals surface area contributed by atoms with Crippen LogP contribution in [-0.4, -0.2) is 37.1 Å². The van der Waals surface area contributed by atoms with E-state index in [0.717, 1.165) is 18.0 Å². The molecule has 1 aliphatic rings. The van der Waals surface area contributed by atoms with Crippen LogP contribution in [0, 0.1) is 5.82 Å². The van der Waals surface area contributed by atoms with E-state index in [4.69, 9.17) is 4.42 Å². The predicted molar refractivity (Wildman–Crippen MR) is 94.9 cm³/mol. The SMILES string of the molecule is O=C(c1ccnn1C(F)(F)F)N1CCc2[nH]cnc2[C@H]1c1cc2c(F)cccc2o1. The van der Waals surface area contributed by atoms with Crippen molar-refractivity contribution in [3.05, 3.63) is 71.5 Å². The highest BCUT2D eigenvalue weighted by atomic mass is 19.4. The van der Waals surface area contributed by atoms with Crippen LogP contribution in [0.3, 0.4) is 0 Å². The summed E-state index contributed by atoms with van der Waals surface area (Å²) < 4.78 is 59.4. The molecule has 11 heteroatoms. The van der Waals surface area contributed by atoms with Gasteiger partial charge in [-0.3, -0.25) is 4.79 Å². The van der Waals surface area contributed by atoms with Crippen molar-refractivity contribution in [1.82, 2.24) is 24.6 Å². The third-order valence-corrected chi connectivity index (χ3v) is 5.08. The van der Waals surface area contributed by atoms with Gasteiger partial charge in [-0.25, -0.2) is 9.37 Å². The van der Waals surface area contributed by atoms with Gasteiger partial charge in [-0.1, -0.05) is 6.07 Å². The van der Waals surface area contributed by atoms with E-state index in [0.29, 0.717) is 12.1 Å². The largest absolute Gasteiger partial charge is 0.505 e. The topological polar surface area (TPSA) is 80.0 Å². The number of aromatic amines is 1. The highest BCUT2D eigenvalue weighted by Crippen LogP contribution is 2.38. The van der Waals surface area contributed by atoms with Crippen LogP contribution in [-0.2, 0) is 12.7 Å². The van der Waals surface area contributed by atoms with Crippen molar-refractivity contribution in [2.75, 3.05) is 6.54 Å². The molecule has 30 heavy (non-hydrogen) atoms. The smallest absolute Gasteiger partial charge is 0.458 e. The maximum atomic E-state index is 14.2. The van der Waals surface area contributed by atoms with E-state index in [1.165, 1.54) is 29.4 Å². The molecule has 154 valence electrons. The van der Waals surface area contributed by atoms with E-state index >= 15 is 0 Å². The lowest BCUT2D eigenvalue weighted by Gasteiger charge is -2.33. The first-order valence-corrected chi connectivity index (χ1v) is 8.97. The average molecular weight is 419 g/mol. The molecular weight excluding hydrogens is 406 g/mol. The van der Waals surface area contributed by atoms with Crippen molar-refractivity contribution in [3.8, 4) is 0 Å². The molecule has 0 spiro atoms. The summed E-state index contributed by atoms with van der Waals surface area (Å²) in [5.41, 5.74) is 0.801. The minimum absolute atomic E-state index is 0.112. The molecular formula is C19H13F4N5O2. The summed E-state index contributed by atoms with van der Waals surface area (Å²) in [6, 6.07) is 5.85. The van der Waals surface area contributed by atoms with Gasteiger partial charge in [0.05, 0.1) is 23.6 Å². The third kappa shape index (κ3) is 2.77. The molecule has 0 radical (unpaired) electrons. The monoisotopic (exact) mass is 419 g/mol. The van der Waals surface area contributed by atoms with Gasteiger partial charge in [-0.2, -0.15) is 9.78 Å². The Morgan fingerprint density at radius 2 is 2.10 bits per heavy atom. The second-order valence-electron chi connectivity index (χ2n) is 6.81. The first kappa shape index (κ1) is 18.4. The molecule has 0 bridgehead atoms. The van der Waals surface area contributed by atoms with Gasteiger partial charge in [0.15, 0.2) is 0 Å². The quantitative estimate of drug-likeness (QED) is 0.502. The summed E-state index contributed by atoms with van der Waals surface area (Å²) in [4.78, 5) is 21.6. The molecule has 4 heterocycles. The van der Waals surface area contributed by atoms with Crippen LogP contribution in [0.1, 0.15) is 33.7 Å². The van der Waals surface area contributed by atoms with Crippen LogP contribution in [0.2, 0.25) is 0 Å². The number of carbonyl (C=O) groups excluding carboxylic acids is 1. The molecule has 7 nitrogen and oxygen atoms in total. The van der Waals surface area contributed by atoms with Crippen molar-refractivity contribution in [2.24, 2.45) is 0 Å². The van der Waals surface area contributed by atoms with Gasteiger partial charge < -0.3 is 14.3 Å². The summed E-state index contributed by atoms with van der Waals surface area (Å²) in [5.74, 6) is -1.19. The van der Waals surface area contributed by atoms with Crippen LogP contribution in [0.4, 0.5) is 17.6 Å². The fourth-order valence-electron chi connectivity index (χ4n) is 3.78. The number of imidazole rings is 1. The Bertz CT molecular complexity index is 1260. The average Bonchev–Trinajstić information content (AvgIpc) is 3.44. The van der Waals surface area contributed by atoms with E-state index in [1.807, 2.05) is 0 Å². The molecule has 1 atom stereocenters. The summed E-state index contributed by atoms with van der Waals surface area (Å²) in [6.07, 6.45) is -2.13. The van der Waals surface area contributed by atoms with E-state index in [9.17, 15) is 22.4 Å². The molecule has 1 N–H and O–H groups in total. The molecule has 5 rings (SSSR count). The number of H-pyrrole nitrogens is 1. The van der Waals surface area contributed by atoms with Crippen molar-refractivity contribution in [3.63, 3.8) is 0 Å². The number of carbonyl (C=O) groups is 1. The fourth-order valence-corrected chi connectivity index (χ4v) is 3.78. The second kappa shape index (κ2) is 6.44. The number of rotatable bonds is 2. The molecule has 1 aliphatic heterocycles. The number of furan rings is 1. The molecule has 1 aromatic carbocycles. The summed E-state index contributed by atoms with van der Waals surface area (Å²) >= 11 is 0. The minimum atomic E-state index is -4.85. The van der Waals surface area contributed by atoms with Crippen molar-refractivity contribution >= 4 is 16.9 Å². The number of alkyl halides is 3. The van der Waals surface area contributed by atoms with Crippen molar-refractivity contribution < 1.29 is 26.8 Å². The van der Waals surface area contributed by atoms with Gasteiger partial charge in [-0.05, 0) is 24.3 Å². The highest BCUT2D eigenvalue weighted by molar-refractivity contribution is 5.93. The van der Waals surface area contributed by atoms with Gasteiger partial charge in [0.25, 0.3) is 5.91 Å². The molecule has 0 saturated heterocycles. The minimum Gasteiger partial charge on any atom is -0.458 e. The van der Waals surface area contributed by atoms with Crippen LogP contribution in [0.25, 0.3) is 11.0 Å². The first-order chi connectivity index (χ1) is 14.3. The maximum Gasteiger partial charge on any atom is 0.505 e. The van der Waals surface area contributed by atoms with Gasteiger partial charge in [0.2, 0.25) is 0 Å². The number of aromatic nitrogens is 4. The highest BCUT2D eigenvalue weighted by Gasteiger charge is 2.41. The molecule has 4 aromatic rings. The number of fused-ring (bicyclic) bond motifs is 2. The van der Waals surface area contributed by atoms with E-state index < -0.39 is 29.8 Å². The molecule has 0 saturated carbocycles. The lowest BCUT2D eigenvalue weighted by Crippen LogP contribution is -2.42. The Labute approximate surface area is 165 Å². The Morgan fingerprint density at radius 3 is 2.87 bits per heavy atom. The lowest BCUT2D eigenvalue weighted by molar-refractivity contribution is -0.213. The van der Waals surface area contributed by atoms with Gasteiger partial charge in [0, 0.05) is 18.7 Å². The number of amides is 1. The molecule has 0 fully saturated rings. The molecule has 3 aromatic heterocycles. The predicted octanol–water partition coefficient (Wildman–Crippen LogP) is 3.76. The number of hydrogen-bond acceptors (Lipinski definition) is 4. The zero-order chi connectivity index (χ0) is 21.0. The zero-order valence-corrected chi connectivity index (χ0v) is 15.2. The Balaban J connectivity index is 1.63. The first-order valence-electron chi connectivity index (χ1n) is 8.97. The lowest BCUT2D eigenvalue weighted by atomic mass is 9.99. The number of hydrogen-bond donors (Lipinski definition) is 1. The molecule has 0 unspecified atom stereocenters. The fraction of sp³-hybridized carbons (Fsp3) is 0.211. The standard InChI is InChI=1S/C19H13F4N5O2/c20-11-2-1-3-14-10(11)8-15(30-14)17-16-12(24-9-25-16)5-7-27(17)18(29)13-4-6-26-28(13)19(21,22)23/h1-4,6,8-9,17H,5,7H2,(H,24,25)/t17-/m1/s1. The Hall–Kier alpha value is -3.63. The van der Waals surface area contributed by atoms with Crippen LogP contribution in [0.15, 0.2) is 47.3 Å². The Morgan fingerprint density at radius 1 is 1.27 bits per heavy atom. The van der Waals surface area contributed by atoms with Crippen LogP contribution in [0.5, 0.6) is 0 Å². The van der Waals surface area contributed by atoms with E-state index in [1.54, 1.807) is 6.07 Å². The Kier molecular flexibility index (Phi) is 3.95. The number of benzene rings is 1. The van der Waals surface area contributed by atoms with Gasteiger partial charge in [-0.15, -0.1) is 13.2 Å². The summed E-state index contributed by atoms with van der Waals surface area (Å²) in [6.45, 7) is 0.112.